The van der Waals surface area contributed by atoms with Gasteiger partial charge in [0.25, 0.3) is 15.9 Å². The average molecular weight is 448 g/mol. The number of fused-ring (bicyclic) bond motifs is 1. The maximum absolute atomic E-state index is 13.0. The van der Waals surface area contributed by atoms with Gasteiger partial charge in [-0.2, -0.15) is 4.98 Å². The molecule has 4 aromatic rings. The molecule has 0 saturated carbocycles. The van der Waals surface area contributed by atoms with E-state index in [-0.39, 0.29) is 23.2 Å². The summed E-state index contributed by atoms with van der Waals surface area (Å²) in [5.41, 5.74) is 3.14. The number of sulfonamides is 1. The third-order valence-corrected chi connectivity index (χ3v) is 6.59. The van der Waals surface area contributed by atoms with Gasteiger partial charge in [-0.1, -0.05) is 23.7 Å². The topological polar surface area (TPSA) is 107 Å². The van der Waals surface area contributed by atoms with E-state index in [0.717, 1.165) is 5.56 Å². The van der Waals surface area contributed by atoms with E-state index in [1.807, 2.05) is 6.07 Å². The molecule has 0 aliphatic rings. The number of rotatable bonds is 6. The van der Waals surface area contributed by atoms with Crippen molar-refractivity contribution in [2.45, 2.75) is 18.4 Å². The average Bonchev–Trinajstić information content (AvgIpc) is 3.16. The number of aromatic nitrogens is 4. The normalized spacial score (nSPS) is 11.5. The highest BCUT2D eigenvalue weighted by Gasteiger charge is 2.23. The number of nitrogens with one attached hydrogen (secondary N) is 1. The molecule has 1 aromatic carbocycles. The molecule has 0 fully saturated rings. The summed E-state index contributed by atoms with van der Waals surface area (Å²) in [4.78, 5) is 17.4. The highest BCUT2D eigenvalue weighted by Crippen LogP contribution is 2.29. The van der Waals surface area contributed by atoms with Crippen LogP contribution in [0.25, 0.3) is 10.5 Å². The van der Waals surface area contributed by atoms with Gasteiger partial charge < -0.3 is 4.74 Å². The van der Waals surface area contributed by atoms with Crippen LogP contribution in [0.2, 0.25) is 5.02 Å². The Balaban J connectivity index is 1.71. The Kier molecular flexibility index (Phi) is 5.31. The van der Waals surface area contributed by atoms with Crippen LogP contribution in [0.1, 0.15) is 11.1 Å². The minimum Gasteiger partial charge on any atom is -0.470 e. The van der Waals surface area contributed by atoms with Crippen molar-refractivity contribution in [1.82, 2.24) is 19.9 Å². The molecular weight excluding hydrogens is 434 g/mol. The third-order valence-electron chi connectivity index (χ3n) is 3.99. The van der Waals surface area contributed by atoms with Crippen molar-refractivity contribution in [3.8, 4) is 5.88 Å². The Labute approximate surface area is 175 Å². The smallest absolute Gasteiger partial charge is 0.263 e. The summed E-state index contributed by atoms with van der Waals surface area (Å²) >= 11 is 7.35. The number of halogens is 1. The molecule has 0 spiro atoms. The Morgan fingerprint density at radius 3 is 2.86 bits per heavy atom. The zero-order valence-electron chi connectivity index (χ0n) is 15.0. The van der Waals surface area contributed by atoms with Gasteiger partial charge in [-0.25, -0.2) is 18.4 Å². The van der Waals surface area contributed by atoms with Crippen molar-refractivity contribution in [2.75, 3.05) is 4.72 Å². The molecule has 3 aromatic heterocycles. The molecule has 148 valence electrons. The Morgan fingerprint density at radius 2 is 2.07 bits per heavy atom. The van der Waals surface area contributed by atoms with Crippen LogP contribution in [-0.2, 0) is 16.6 Å². The second kappa shape index (κ2) is 7.90. The molecule has 3 heterocycles. The fourth-order valence-electron chi connectivity index (χ4n) is 2.55. The van der Waals surface area contributed by atoms with Crippen LogP contribution in [-0.4, -0.2) is 28.4 Å². The number of hydrogen-bond donors (Lipinski definition) is 1. The fourth-order valence-corrected chi connectivity index (χ4v) is 4.64. The summed E-state index contributed by atoms with van der Waals surface area (Å²) < 4.78 is 34.1. The molecule has 4 rings (SSSR count). The molecule has 0 radical (unpaired) electrons. The number of pyridine rings is 1. The molecule has 8 nitrogen and oxygen atoms in total. The summed E-state index contributed by atoms with van der Waals surface area (Å²) in [5.74, 6) is 0.000486. The van der Waals surface area contributed by atoms with Crippen molar-refractivity contribution in [3.63, 3.8) is 0 Å². The zero-order chi connectivity index (χ0) is 20.4. The molecular formula is C18H14ClN5O3S2. The van der Waals surface area contributed by atoms with E-state index in [9.17, 15) is 8.42 Å². The number of benzene rings is 1. The van der Waals surface area contributed by atoms with E-state index in [2.05, 4.69) is 24.7 Å². The maximum atomic E-state index is 13.0. The molecule has 1 N–H and O–H groups in total. The second-order valence-electron chi connectivity index (χ2n) is 5.98. The van der Waals surface area contributed by atoms with Gasteiger partial charge in [0.1, 0.15) is 6.61 Å². The van der Waals surface area contributed by atoms with Crippen molar-refractivity contribution < 1.29 is 13.2 Å². The highest BCUT2D eigenvalue weighted by atomic mass is 35.5. The number of nitrogens with zero attached hydrogens (tertiary/aromatic N) is 4. The van der Waals surface area contributed by atoms with Crippen molar-refractivity contribution >= 4 is 49.3 Å². The molecule has 0 atom stereocenters. The number of anilines is 1. The molecule has 29 heavy (non-hydrogen) atoms. The van der Waals surface area contributed by atoms with Gasteiger partial charge in [0.2, 0.25) is 5.82 Å². The lowest BCUT2D eigenvalue weighted by Crippen LogP contribution is -2.17. The molecule has 0 saturated heterocycles. The van der Waals surface area contributed by atoms with Crippen LogP contribution in [0, 0.1) is 6.92 Å². The summed E-state index contributed by atoms with van der Waals surface area (Å²) in [6.45, 7) is 1.78. The Hall–Kier alpha value is -2.82. The minimum absolute atomic E-state index is 0.0448. The van der Waals surface area contributed by atoms with E-state index in [1.165, 1.54) is 17.4 Å². The number of ether oxygens (including phenoxy) is 1. The Morgan fingerprint density at radius 1 is 1.21 bits per heavy atom. The first kappa shape index (κ1) is 19.5. The molecule has 0 amide bonds. The monoisotopic (exact) mass is 447 g/mol. The summed E-state index contributed by atoms with van der Waals surface area (Å²) in [6.07, 6.45) is 3.30. The van der Waals surface area contributed by atoms with Crippen LogP contribution in [0.3, 0.4) is 0 Å². The predicted molar refractivity (Wildman–Crippen MR) is 111 cm³/mol. The lowest BCUT2D eigenvalue weighted by molar-refractivity contribution is 0.295. The van der Waals surface area contributed by atoms with Gasteiger partial charge in [-0.05, 0) is 30.7 Å². The van der Waals surface area contributed by atoms with Crippen molar-refractivity contribution in [1.29, 1.82) is 0 Å². The first-order valence-electron chi connectivity index (χ1n) is 8.35. The Bertz CT molecular complexity index is 1280. The largest absolute Gasteiger partial charge is 0.470 e. The fraction of sp³-hybridized carbons (Fsp3) is 0.111. The first-order chi connectivity index (χ1) is 13.9. The molecule has 0 bridgehead atoms. The van der Waals surface area contributed by atoms with Gasteiger partial charge in [0, 0.05) is 23.0 Å². The second-order valence-corrected chi connectivity index (χ2v) is 8.87. The van der Waals surface area contributed by atoms with Crippen LogP contribution < -0.4 is 9.46 Å². The predicted octanol–water partition coefficient (Wildman–Crippen LogP) is 3.82. The lowest BCUT2D eigenvalue weighted by Gasteiger charge is -2.13. The molecule has 0 aliphatic heterocycles. The number of hydrogen-bond acceptors (Lipinski definition) is 8. The first-order valence-corrected chi connectivity index (χ1v) is 11.1. The van der Waals surface area contributed by atoms with Gasteiger partial charge in [0.15, 0.2) is 10.5 Å². The van der Waals surface area contributed by atoms with E-state index in [4.69, 9.17) is 16.3 Å². The minimum atomic E-state index is -3.98. The summed E-state index contributed by atoms with van der Waals surface area (Å²) in [5, 5.41) is 0.349. The van der Waals surface area contributed by atoms with Crippen molar-refractivity contribution in [2.24, 2.45) is 0 Å². The van der Waals surface area contributed by atoms with Crippen LogP contribution >= 0.6 is 22.9 Å². The highest BCUT2D eigenvalue weighted by molar-refractivity contribution is 7.92. The van der Waals surface area contributed by atoms with Crippen LogP contribution in [0.15, 0.2) is 53.1 Å². The van der Waals surface area contributed by atoms with Crippen molar-refractivity contribution in [3.05, 3.63) is 64.4 Å². The van der Waals surface area contributed by atoms with Gasteiger partial charge in [0.05, 0.1) is 10.4 Å². The van der Waals surface area contributed by atoms with E-state index >= 15 is 0 Å². The summed E-state index contributed by atoms with van der Waals surface area (Å²) in [6, 6.07) is 8.28. The maximum Gasteiger partial charge on any atom is 0.263 e. The standard InChI is InChI=1S/C18H14ClN5O3S2/c1-11-13(19)5-2-6-14(11)29(25,26)24-15-17(23-18-16(22-15)21-10-28-18)27-9-12-4-3-7-20-8-12/h2-8,10H,9H2,1H3,(H,22,24). The lowest BCUT2D eigenvalue weighted by atomic mass is 10.2. The molecule has 11 heteroatoms. The summed E-state index contributed by atoms with van der Waals surface area (Å²) in [7, 11) is -3.98. The van der Waals surface area contributed by atoms with E-state index in [1.54, 1.807) is 43.0 Å². The molecule has 0 unspecified atom stereocenters. The third kappa shape index (κ3) is 4.14. The van der Waals surface area contributed by atoms with Gasteiger partial charge >= 0.3 is 0 Å². The number of thiazole rings is 1. The van der Waals surface area contributed by atoms with Gasteiger partial charge in [-0.15, -0.1) is 11.3 Å². The van der Waals surface area contributed by atoms with E-state index < -0.39 is 10.0 Å². The van der Waals surface area contributed by atoms with Crippen LogP contribution in [0.4, 0.5) is 5.82 Å². The zero-order valence-corrected chi connectivity index (χ0v) is 17.4. The van der Waals surface area contributed by atoms with Crippen LogP contribution in [0.5, 0.6) is 5.88 Å². The van der Waals surface area contributed by atoms with Gasteiger partial charge in [-0.3, -0.25) is 9.71 Å². The molecule has 0 aliphatic carbocycles. The van der Waals surface area contributed by atoms with E-state index in [0.29, 0.717) is 21.1 Å². The SMILES string of the molecule is Cc1c(Cl)cccc1S(=O)(=O)Nc1nc2ncsc2nc1OCc1cccnc1. The quantitative estimate of drug-likeness (QED) is 0.478.